The second-order valence-electron chi connectivity index (χ2n) is 7.36. The second-order valence-corrected chi connectivity index (χ2v) is 7.36. The lowest BCUT2D eigenvalue weighted by atomic mass is 10.1. The van der Waals surface area contributed by atoms with Gasteiger partial charge in [-0.25, -0.2) is 13.8 Å². The molecule has 35 heavy (non-hydrogen) atoms. The molecule has 2 atom stereocenters. The number of aliphatic hydroxyl groups excluding tert-OH is 2. The Morgan fingerprint density at radius 2 is 2.00 bits per heavy atom. The van der Waals surface area contributed by atoms with E-state index in [2.05, 4.69) is 10.1 Å². The van der Waals surface area contributed by atoms with Crippen molar-refractivity contribution in [2.24, 2.45) is 5.10 Å². The zero-order valence-electron chi connectivity index (χ0n) is 18.9. The summed E-state index contributed by atoms with van der Waals surface area (Å²) in [6, 6.07) is 2.89. The Labute approximate surface area is 197 Å². The monoisotopic (exact) mass is 502 g/mol. The average Bonchev–Trinajstić information content (AvgIpc) is 3.14. The van der Waals surface area contributed by atoms with Crippen molar-refractivity contribution in [1.29, 1.82) is 0 Å². The number of aromatic nitrogens is 1. The molecular weight excluding hydrogens is 479 g/mol. The van der Waals surface area contributed by atoms with Gasteiger partial charge in [0.1, 0.15) is 35.4 Å². The first-order chi connectivity index (χ1) is 16.5. The highest BCUT2D eigenvalue weighted by atomic mass is 19.4. The number of alkyl halides is 3. The molecule has 8 nitrogen and oxygen atoms in total. The largest absolute Gasteiger partial charge is 0.496 e. The summed E-state index contributed by atoms with van der Waals surface area (Å²) >= 11 is 0. The van der Waals surface area contributed by atoms with Gasteiger partial charge >= 0.3 is 6.18 Å². The maximum absolute atomic E-state index is 15.3. The van der Waals surface area contributed by atoms with Crippen LogP contribution in [0.25, 0.3) is 11.9 Å². The van der Waals surface area contributed by atoms with Crippen molar-refractivity contribution in [3.63, 3.8) is 0 Å². The summed E-state index contributed by atoms with van der Waals surface area (Å²) < 4.78 is 80.1. The summed E-state index contributed by atoms with van der Waals surface area (Å²) in [5, 5.41) is 24.6. The summed E-state index contributed by atoms with van der Waals surface area (Å²) in [5.41, 5.74) is -0.947. The number of methoxy groups -OCH3 is 1. The van der Waals surface area contributed by atoms with Crippen LogP contribution in [-0.2, 0) is 0 Å². The van der Waals surface area contributed by atoms with Gasteiger partial charge in [0.25, 0.3) is 0 Å². The van der Waals surface area contributed by atoms with E-state index in [0.29, 0.717) is 13.0 Å². The molecule has 0 fully saturated rings. The fourth-order valence-corrected chi connectivity index (χ4v) is 3.31. The third kappa shape index (κ3) is 5.46. The highest BCUT2D eigenvalue weighted by molar-refractivity contribution is 5.87. The standard InChI is InChI=1S/C22H23F5N4O4/c1-4-30-20(11-32)29-31(21(30)33)17-9-19(35-12(2)22(25,26)27)14(8-16(17)24)15(23)7-13-10-28-6-5-18(13)34-3/h5-10,12,21,32-33H,4,11H2,1-3H3/b15-7-/t12-,21?/m0/s1. The molecule has 0 spiro atoms. The molecule has 0 aliphatic carbocycles. The van der Waals surface area contributed by atoms with E-state index in [9.17, 15) is 23.4 Å². The van der Waals surface area contributed by atoms with Crippen LogP contribution in [0.4, 0.5) is 27.6 Å². The molecule has 2 heterocycles. The minimum atomic E-state index is -4.80. The van der Waals surface area contributed by atoms with Crippen molar-refractivity contribution in [2.75, 3.05) is 25.3 Å². The van der Waals surface area contributed by atoms with E-state index in [-0.39, 0.29) is 23.7 Å². The number of aliphatic hydroxyl groups is 2. The number of rotatable bonds is 8. The van der Waals surface area contributed by atoms with Crippen LogP contribution in [-0.4, -0.2) is 64.8 Å². The Balaban J connectivity index is 2.13. The van der Waals surface area contributed by atoms with E-state index in [4.69, 9.17) is 9.47 Å². The van der Waals surface area contributed by atoms with E-state index in [1.807, 2.05) is 0 Å². The Morgan fingerprint density at radius 1 is 1.29 bits per heavy atom. The van der Waals surface area contributed by atoms with Crippen molar-refractivity contribution < 1.29 is 41.6 Å². The third-order valence-electron chi connectivity index (χ3n) is 5.16. The van der Waals surface area contributed by atoms with Gasteiger partial charge in [-0.15, -0.1) is 0 Å². The third-order valence-corrected chi connectivity index (χ3v) is 5.16. The number of benzene rings is 1. The quantitative estimate of drug-likeness (QED) is 0.532. The van der Waals surface area contributed by atoms with Gasteiger partial charge in [-0.05, 0) is 32.1 Å². The molecule has 0 amide bonds. The fraction of sp³-hybridized carbons (Fsp3) is 0.364. The molecule has 0 radical (unpaired) electrons. The Bertz CT molecular complexity index is 1130. The summed E-state index contributed by atoms with van der Waals surface area (Å²) in [6.45, 7) is 1.96. The molecule has 0 bridgehead atoms. The van der Waals surface area contributed by atoms with Gasteiger partial charge in [-0.3, -0.25) is 4.98 Å². The Hall–Kier alpha value is -3.45. The Kier molecular flexibility index (Phi) is 7.80. The molecule has 2 aromatic rings. The summed E-state index contributed by atoms with van der Waals surface area (Å²) in [6.07, 6.45) is -5.16. The van der Waals surface area contributed by atoms with Gasteiger partial charge in [0.2, 0.25) is 6.35 Å². The van der Waals surface area contributed by atoms with Crippen LogP contribution in [0.15, 0.2) is 35.7 Å². The molecule has 0 saturated carbocycles. The van der Waals surface area contributed by atoms with Gasteiger partial charge < -0.3 is 24.6 Å². The van der Waals surface area contributed by atoms with Crippen LogP contribution in [0.1, 0.15) is 25.0 Å². The van der Waals surface area contributed by atoms with Crippen LogP contribution >= 0.6 is 0 Å². The average molecular weight is 502 g/mol. The van der Waals surface area contributed by atoms with Crippen molar-refractivity contribution in [3.8, 4) is 11.5 Å². The van der Waals surface area contributed by atoms with Crippen molar-refractivity contribution in [1.82, 2.24) is 9.88 Å². The maximum atomic E-state index is 15.3. The van der Waals surface area contributed by atoms with Gasteiger partial charge in [-0.2, -0.15) is 18.3 Å². The molecular formula is C22H23F5N4O4. The lowest BCUT2D eigenvalue weighted by Crippen LogP contribution is -2.43. The summed E-state index contributed by atoms with van der Waals surface area (Å²) in [4.78, 5) is 5.08. The number of anilines is 1. The minimum Gasteiger partial charge on any atom is -0.496 e. The molecule has 1 aliphatic rings. The van der Waals surface area contributed by atoms with Gasteiger partial charge in [0, 0.05) is 30.6 Å². The molecule has 13 heteroatoms. The number of hydrogen-bond acceptors (Lipinski definition) is 8. The number of hydrogen-bond donors (Lipinski definition) is 2. The van der Waals surface area contributed by atoms with E-state index in [1.165, 1.54) is 30.5 Å². The highest BCUT2D eigenvalue weighted by Gasteiger charge is 2.39. The van der Waals surface area contributed by atoms with E-state index in [0.717, 1.165) is 17.2 Å². The second kappa shape index (κ2) is 10.4. The first-order valence-electron chi connectivity index (χ1n) is 10.4. The normalized spacial score (nSPS) is 17.5. The molecule has 1 aromatic heterocycles. The number of likely N-dealkylation sites (N-methyl/N-ethyl adjacent to an activating group) is 1. The highest BCUT2D eigenvalue weighted by Crippen LogP contribution is 2.39. The zero-order chi connectivity index (χ0) is 25.9. The fourth-order valence-electron chi connectivity index (χ4n) is 3.31. The number of nitrogens with zero attached hydrogens (tertiary/aromatic N) is 4. The van der Waals surface area contributed by atoms with Gasteiger partial charge in [0.15, 0.2) is 11.9 Å². The van der Waals surface area contributed by atoms with E-state index in [1.54, 1.807) is 6.92 Å². The first-order valence-corrected chi connectivity index (χ1v) is 10.4. The molecule has 1 aliphatic heterocycles. The Morgan fingerprint density at radius 3 is 2.57 bits per heavy atom. The molecule has 2 N–H and O–H groups in total. The number of hydrazone groups is 1. The number of amidine groups is 1. The molecule has 1 unspecified atom stereocenters. The smallest absolute Gasteiger partial charge is 0.425 e. The van der Waals surface area contributed by atoms with Crippen LogP contribution < -0.4 is 14.5 Å². The molecule has 0 saturated heterocycles. The van der Waals surface area contributed by atoms with Gasteiger partial charge in [0.05, 0.1) is 12.7 Å². The predicted octanol–water partition coefficient (Wildman–Crippen LogP) is 3.75. The van der Waals surface area contributed by atoms with Gasteiger partial charge in [-0.1, -0.05) is 0 Å². The number of pyridine rings is 1. The van der Waals surface area contributed by atoms with Crippen molar-refractivity contribution in [2.45, 2.75) is 32.5 Å². The predicted molar refractivity (Wildman–Crippen MR) is 118 cm³/mol. The van der Waals surface area contributed by atoms with Crippen molar-refractivity contribution >= 4 is 23.4 Å². The minimum absolute atomic E-state index is 0.00403. The maximum Gasteiger partial charge on any atom is 0.425 e. The molecule has 190 valence electrons. The topological polar surface area (TPSA) is 90.7 Å². The van der Waals surface area contributed by atoms with Crippen LogP contribution in [0.2, 0.25) is 0 Å². The number of ether oxygens (including phenoxy) is 2. The van der Waals surface area contributed by atoms with Crippen LogP contribution in [0.5, 0.6) is 11.5 Å². The van der Waals surface area contributed by atoms with E-state index >= 15 is 8.78 Å². The first kappa shape index (κ1) is 26.2. The summed E-state index contributed by atoms with van der Waals surface area (Å²) in [7, 11) is 1.33. The van der Waals surface area contributed by atoms with Crippen LogP contribution in [0.3, 0.4) is 0 Å². The summed E-state index contributed by atoms with van der Waals surface area (Å²) in [5.74, 6) is -2.64. The van der Waals surface area contributed by atoms with Crippen LogP contribution in [0, 0.1) is 5.82 Å². The number of halogens is 5. The zero-order valence-corrected chi connectivity index (χ0v) is 18.9. The SMILES string of the molecule is CCN1C(CO)=NN(c2cc(O[C@@H](C)C(F)(F)F)c(/C(F)=C/c3cnccc3OC)cc2F)C1O. The molecule has 1 aromatic carbocycles. The molecule has 3 rings (SSSR count). The lowest BCUT2D eigenvalue weighted by Gasteiger charge is -2.27. The van der Waals surface area contributed by atoms with E-state index < -0.39 is 53.9 Å². The van der Waals surface area contributed by atoms with Crippen molar-refractivity contribution in [3.05, 3.63) is 47.5 Å². The lowest BCUT2D eigenvalue weighted by molar-refractivity contribution is -0.189.